The summed E-state index contributed by atoms with van der Waals surface area (Å²) in [4.78, 5) is 13.1. The summed E-state index contributed by atoms with van der Waals surface area (Å²) >= 11 is 0. The summed E-state index contributed by atoms with van der Waals surface area (Å²) < 4.78 is 1.76. The third kappa shape index (κ3) is 2.78. The molecule has 1 aliphatic rings. The predicted octanol–water partition coefficient (Wildman–Crippen LogP) is 3.43. The molecule has 3 heteroatoms. The molecule has 0 amide bonds. The van der Waals surface area contributed by atoms with Crippen LogP contribution in [-0.4, -0.2) is 15.6 Å². The van der Waals surface area contributed by atoms with E-state index in [1.54, 1.807) is 10.9 Å². The summed E-state index contributed by atoms with van der Waals surface area (Å²) in [5, 5.41) is 4.17. The smallest absolute Gasteiger partial charge is 0.147 e. The molecule has 1 fully saturated rings. The average Bonchev–Trinajstić information content (AvgIpc) is 2.94. The van der Waals surface area contributed by atoms with Crippen molar-refractivity contribution in [2.45, 2.75) is 43.9 Å². The van der Waals surface area contributed by atoms with Crippen LogP contribution < -0.4 is 0 Å². The van der Waals surface area contributed by atoms with Crippen molar-refractivity contribution in [1.29, 1.82) is 0 Å². The van der Waals surface area contributed by atoms with Crippen LogP contribution in [0.15, 0.2) is 42.7 Å². The van der Waals surface area contributed by atoms with Crippen molar-refractivity contribution >= 4 is 5.78 Å². The van der Waals surface area contributed by atoms with Crippen molar-refractivity contribution in [2.75, 3.05) is 0 Å². The maximum atomic E-state index is 13.1. The fourth-order valence-corrected chi connectivity index (χ4v) is 3.56. The minimum absolute atomic E-state index is 0.282. The maximum absolute atomic E-state index is 13.1. The predicted molar refractivity (Wildman–Crippen MR) is 83.1 cm³/mol. The van der Waals surface area contributed by atoms with E-state index in [-0.39, 0.29) is 5.41 Å². The summed E-state index contributed by atoms with van der Waals surface area (Å²) in [6.07, 6.45) is 9.74. The maximum Gasteiger partial charge on any atom is 0.147 e. The van der Waals surface area contributed by atoms with E-state index in [1.165, 1.54) is 12.0 Å². The lowest BCUT2D eigenvalue weighted by Crippen LogP contribution is -2.39. The number of hydrogen-bond donors (Lipinski definition) is 0. The molecular weight excluding hydrogens is 260 g/mol. The van der Waals surface area contributed by atoms with Crippen LogP contribution in [-0.2, 0) is 23.7 Å². The number of ketones is 1. The Hall–Kier alpha value is -1.90. The Balaban J connectivity index is 1.90. The van der Waals surface area contributed by atoms with Gasteiger partial charge in [0, 0.05) is 19.7 Å². The number of hydrogen-bond acceptors (Lipinski definition) is 2. The van der Waals surface area contributed by atoms with Crippen LogP contribution in [0.1, 0.15) is 43.2 Å². The van der Waals surface area contributed by atoms with Crippen molar-refractivity contribution in [1.82, 2.24) is 9.78 Å². The van der Waals surface area contributed by atoms with E-state index in [1.807, 2.05) is 31.4 Å². The van der Waals surface area contributed by atoms with Gasteiger partial charge in [0.1, 0.15) is 5.78 Å². The number of aromatic nitrogens is 2. The molecule has 0 atom stereocenters. The molecule has 1 aliphatic carbocycles. The Bertz CT molecular complexity index is 609. The third-order valence-corrected chi connectivity index (χ3v) is 4.69. The van der Waals surface area contributed by atoms with E-state index in [0.717, 1.165) is 31.2 Å². The van der Waals surface area contributed by atoms with Gasteiger partial charge in [-0.2, -0.15) is 5.10 Å². The first-order valence-corrected chi connectivity index (χ1v) is 7.77. The second-order valence-corrected chi connectivity index (χ2v) is 6.13. The van der Waals surface area contributed by atoms with Crippen molar-refractivity contribution in [3.8, 4) is 0 Å². The van der Waals surface area contributed by atoms with Gasteiger partial charge in [0.25, 0.3) is 0 Å². The SMILES string of the molecule is Cn1cc(CC(=O)C2(c3ccccc3)CCCCC2)cn1. The van der Waals surface area contributed by atoms with Gasteiger partial charge in [0.05, 0.1) is 11.6 Å². The second kappa shape index (κ2) is 5.84. The molecule has 0 unspecified atom stereocenters. The quantitative estimate of drug-likeness (QED) is 0.861. The second-order valence-electron chi connectivity index (χ2n) is 6.13. The summed E-state index contributed by atoms with van der Waals surface area (Å²) in [6.45, 7) is 0. The van der Waals surface area contributed by atoms with Crippen LogP contribution in [0.2, 0.25) is 0 Å². The zero-order valence-electron chi connectivity index (χ0n) is 12.6. The summed E-state index contributed by atoms with van der Waals surface area (Å²) in [6, 6.07) is 10.3. The van der Waals surface area contributed by atoms with Crippen molar-refractivity contribution in [2.24, 2.45) is 7.05 Å². The average molecular weight is 282 g/mol. The molecule has 110 valence electrons. The van der Waals surface area contributed by atoms with Crippen molar-refractivity contribution in [3.05, 3.63) is 53.9 Å². The number of aryl methyl sites for hydroxylation is 1. The Morgan fingerprint density at radius 1 is 1.19 bits per heavy atom. The minimum Gasteiger partial charge on any atom is -0.298 e. The van der Waals surface area contributed by atoms with Crippen LogP contribution in [0.3, 0.4) is 0 Å². The Morgan fingerprint density at radius 3 is 2.52 bits per heavy atom. The van der Waals surface area contributed by atoms with Gasteiger partial charge < -0.3 is 0 Å². The molecule has 3 nitrogen and oxygen atoms in total. The molecule has 2 aromatic rings. The standard InChI is InChI=1S/C18H22N2O/c1-20-14-15(13-19-20)12-17(21)18(10-6-3-7-11-18)16-8-4-2-5-9-16/h2,4-5,8-9,13-14H,3,6-7,10-12H2,1H3. The highest BCUT2D eigenvalue weighted by atomic mass is 16.1. The molecule has 1 saturated carbocycles. The van der Waals surface area contributed by atoms with Crippen LogP contribution in [0, 0.1) is 0 Å². The molecule has 0 saturated heterocycles. The summed E-state index contributed by atoms with van der Waals surface area (Å²) in [5.74, 6) is 0.349. The van der Waals surface area contributed by atoms with Crippen molar-refractivity contribution in [3.63, 3.8) is 0 Å². The van der Waals surface area contributed by atoms with Crippen molar-refractivity contribution < 1.29 is 4.79 Å². The van der Waals surface area contributed by atoms with Gasteiger partial charge in [-0.15, -0.1) is 0 Å². The number of carbonyl (C=O) groups excluding carboxylic acids is 1. The largest absolute Gasteiger partial charge is 0.298 e. The van der Waals surface area contributed by atoms with Gasteiger partial charge in [0.15, 0.2) is 0 Å². The monoisotopic (exact) mass is 282 g/mol. The number of nitrogens with zero attached hydrogens (tertiary/aromatic N) is 2. The van der Waals surface area contributed by atoms with Gasteiger partial charge in [-0.05, 0) is 24.0 Å². The van der Waals surface area contributed by atoms with E-state index >= 15 is 0 Å². The zero-order valence-corrected chi connectivity index (χ0v) is 12.6. The molecule has 3 rings (SSSR count). The number of rotatable bonds is 4. The fraction of sp³-hybridized carbons (Fsp3) is 0.444. The van der Waals surface area contributed by atoms with Gasteiger partial charge in [-0.1, -0.05) is 49.6 Å². The number of benzene rings is 1. The molecule has 21 heavy (non-hydrogen) atoms. The first-order chi connectivity index (χ1) is 10.2. The normalized spacial score (nSPS) is 17.6. The van der Waals surface area contributed by atoms with Gasteiger partial charge in [-0.25, -0.2) is 0 Å². The Morgan fingerprint density at radius 2 is 1.90 bits per heavy atom. The lowest BCUT2D eigenvalue weighted by Gasteiger charge is -2.36. The topological polar surface area (TPSA) is 34.9 Å². The van der Waals surface area contributed by atoms with E-state index in [2.05, 4.69) is 17.2 Å². The van der Waals surface area contributed by atoms with Gasteiger partial charge >= 0.3 is 0 Å². The lowest BCUT2D eigenvalue weighted by molar-refractivity contribution is -0.125. The highest BCUT2D eigenvalue weighted by molar-refractivity contribution is 5.91. The molecule has 0 aliphatic heterocycles. The first kappa shape index (κ1) is 14.1. The highest BCUT2D eigenvalue weighted by Crippen LogP contribution is 2.40. The molecule has 1 aromatic carbocycles. The summed E-state index contributed by atoms with van der Waals surface area (Å²) in [7, 11) is 1.89. The van der Waals surface area contributed by atoms with E-state index in [9.17, 15) is 4.79 Å². The van der Waals surface area contributed by atoms with Crippen LogP contribution in [0.4, 0.5) is 0 Å². The number of Topliss-reactive ketones (excluding diaryl/α,β-unsaturated/α-hetero) is 1. The van der Waals surface area contributed by atoms with Crippen LogP contribution >= 0.6 is 0 Å². The van der Waals surface area contributed by atoms with Gasteiger partial charge in [0.2, 0.25) is 0 Å². The minimum atomic E-state index is -0.282. The van der Waals surface area contributed by atoms with Gasteiger partial charge in [-0.3, -0.25) is 9.48 Å². The molecule has 1 heterocycles. The molecule has 0 bridgehead atoms. The van der Waals surface area contributed by atoms with Crippen LogP contribution in [0.5, 0.6) is 0 Å². The Labute approximate surface area is 126 Å². The first-order valence-electron chi connectivity index (χ1n) is 7.77. The van der Waals surface area contributed by atoms with E-state index < -0.39 is 0 Å². The number of carbonyl (C=O) groups is 1. The molecular formula is C18H22N2O. The van der Waals surface area contributed by atoms with E-state index in [0.29, 0.717) is 12.2 Å². The molecule has 0 spiro atoms. The molecule has 0 radical (unpaired) electrons. The Kier molecular flexibility index (Phi) is 3.91. The summed E-state index contributed by atoms with van der Waals surface area (Å²) in [5.41, 5.74) is 1.93. The molecule has 0 N–H and O–H groups in total. The fourth-order valence-electron chi connectivity index (χ4n) is 3.56. The van der Waals surface area contributed by atoms with Crippen LogP contribution in [0.25, 0.3) is 0 Å². The lowest BCUT2D eigenvalue weighted by atomic mass is 9.66. The molecule has 1 aromatic heterocycles. The third-order valence-electron chi connectivity index (χ3n) is 4.69. The highest BCUT2D eigenvalue weighted by Gasteiger charge is 2.40. The zero-order chi connectivity index (χ0) is 14.7. The van der Waals surface area contributed by atoms with E-state index in [4.69, 9.17) is 0 Å².